The third-order valence-electron chi connectivity index (χ3n) is 5.24. The minimum Gasteiger partial charge on any atom is -0.368 e. The predicted octanol–water partition coefficient (Wildman–Crippen LogP) is 4.39. The number of halogens is 1. The van der Waals surface area contributed by atoms with Crippen LogP contribution in [0.2, 0.25) is 0 Å². The molecule has 2 aromatic heterocycles. The van der Waals surface area contributed by atoms with Crippen molar-refractivity contribution in [1.82, 2.24) is 14.9 Å². The van der Waals surface area contributed by atoms with E-state index in [4.69, 9.17) is 0 Å². The summed E-state index contributed by atoms with van der Waals surface area (Å²) >= 11 is 1.47. The van der Waals surface area contributed by atoms with Gasteiger partial charge in [-0.2, -0.15) is 0 Å². The molecular formula is C22H19FN4OS. The van der Waals surface area contributed by atoms with E-state index in [1.165, 1.54) is 23.5 Å². The summed E-state index contributed by atoms with van der Waals surface area (Å²) in [5, 5.41) is 3.77. The zero-order chi connectivity index (χ0) is 19.8. The molecule has 0 radical (unpaired) electrons. The molecule has 3 heterocycles. The van der Waals surface area contributed by atoms with Crippen LogP contribution < -0.4 is 4.90 Å². The molecule has 0 atom stereocenters. The lowest BCUT2D eigenvalue weighted by atomic mass is 10.2. The number of thiazole rings is 1. The van der Waals surface area contributed by atoms with Gasteiger partial charge in [-0.15, -0.1) is 11.3 Å². The van der Waals surface area contributed by atoms with Crippen molar-refractivity contribution < 1.29 is 9.18 Å². The van der Waals surface area contributed by atoms with Gasteiger partial charge in [0, 0.05) is 48.1 Å². The molecule has 0 spiro atoms. The number of piperazine rings is 1. The van der Waals surface area contributed by atoms with E-state index in [0.29, 0.717) is 18.8 Å². The number of benzene rings is 2. The molecule has 7 heteroatoms. The van der Waals surface area contributed by atoms with Crippen molar-refractivity contribution in [1.29, 1.82) is 0 Å². The number of hydrogen-bond acceptors (Lipinski definition) is 4. The number of fused-ring (bicyclic) bond motifs is 1. The highest BCUT2D eigenvalue weighted by Gasteiger charge is 2.24. The van der Waals surface area contributed by atoms with Crippen LogP contribution >= 0.6 is 11.3 Å². The van der Waals surface area contributed by atoms with E-state index < -0.39 is 0 Å². The van der Waals surface area contributed by atoms with Crippen molar-refractivity contribution in [2.75, 3.05) is 31.1 Å². The number of anilines is 1. The highest BCUT2D eigenvalue weighted by Crippen LogP contribution is 2.27. The average Bonchev–Trinajstić information content (AvgIpc) is 3.41. The fourth-order valence-electron chi connectivity index (χ4n) is 3.67. The number of nitrogens with one attached hydrogen (secondary N) is 1. The smallest absolute Gasteiger partial charge is 0.273 e. The summed E-state index contributed by atoms with van der Waals surface area (Å²) in [4.78, 5) is 24.8. The summed E-state index contributed by atoms with van der Waals surface area (Å²) in [5.74, 6) is -0.278. The van der Waals surface area contributed by atoms with Gasteiger partial charge in [0.25, 0.3) is 5.91 Å². The third kappa shape index (κ3) is 3.49. The van der Waals surface area contributed by atoms with Gasteiger partial charge in [0.2, 0.25) is 0 Å². The molecule has 1 aliphatic rings. The molecular weight excluding hydrogens is 387 g/mol. The Kier molecular flexibility index (Phi) is 4.52. The zero-order valence-corrected chi connectivity index (χ0v) is 16.5. The Morgan fingerprint density at radius 3 is 2.55 bits per heavy atom. The van der Waals surface area contributed by atoms with Crippen LogP contribution in [0.3, 0.4) is 0 Å². The van der Waals surface area contributed by atoms with Gasteiger partial charge in [-0.1, -0.05) is 18.2 Å². The summed E-state index contributed by atoms with van der Waals surface area (Å²) in [6, 6.07) is 16.6. The molecule has 1 amide bonds. The van der Waals surface area contributed by atoms with Crippen molar-refractivity contribution >= 4 is 33.8 Å². The minimum atomic E-state index is -0.239. The van der Waals surface area contributed by atoms with Crippen LogP contribution in [0.25, 0.3) is 21.6 Å². The van der Waals surface area contributed by atoms with Crippen molar-refractivity contribution in [3.63, 3.8) is 0 Å². The highest BCUT2D eigenvalue weighted by atomic mass is 32.1. The largest absolute Gasteiger partial charge is 0.368 e. The molecule has 0 bridgehead atoms. The Bertz CT molecular complexity index is 1130. The van der Waals surface area contributed by atoms with Crippen LogP contribution in [0, 0.1) is 5.82 Å². The number of nitrogens with zero attached hydrogens (tertiary/aromatic N) is 3. The Labute approximate surface area is 171 Å². The molecule has 4 aromatic rings. The normalized spacial score (nSPS) is 14.5. The van der Waals surface area contributed by atoms with Gasteiger partial charge < -0.3 is 14.8 Å². The van der Waals surface area contributed by atoms with Crippen LogP contribution in [0.4, 0.5) is 10.1 Å². The second kappa shape index (κ2) is 7.33. The Morgan fingerprint density at radius 2 is 1.79 bits per heavy atom. The van der Waals surface area contributed by atoms with Gasteiger partial charge in [-0.05, 0) is 36.4 Å². The quantitative estimate of drug-likeness (QED) is 0.549. The Morgan fingerprint density at radius 1 is 1.03 bits per heavy atom. The monoisotopic (exact) mass is 406 g/mol. The molecule has 0 saturated carbocycles. The lowest BCUT2D eigenvalue weighted by molar-refractivity contribution is 0.0742. The highest BCUT2D eigenvalue weighted by molar-refractivity contribution is 7.13. The fraction of sp³-hybridized carbons (Fsp3) is 0.182. The number of carbonyl (C=O) groups excluding carboxylic acids is 1. The maximum atomic E-state index is 13.1. The predicted molar refractivity (Wildman–Crippen MR) is 114 cm³/mol. The molecule has 29 heavy (non-hydrogen) atoms. The molecule has 1 N–H and O–H groups in total. The Balaban J connectivity index is 1.27. The molecule has 146 valence electrons. The van der Waals surface area contributed by atoms with Crippen LogP contribution in [0.15, 0.2) is 60.0 Å². The van der Waals surface area contributed by atoms with E-state index in [1.54, 1.807) is 12.1 Å². The van der Waals surface area contributed by atoms with Crippen LogP contribution in [-0.4, -0.2) is 47.0 Å². The van der Waals surface area contributed by atoms with E-state index in [0.717, 1.165) is 40.4 Å². The van der Waals surface area contributed by atoms with E-state index >= 15 is 0 Å². The fourth-order valence-corrected chi connectivity index (χ4v) is 4.43. The van der Waals surface area contributed by atoms with Crippen LogP contribution in [0.1, 0.15) is 10.5 Å². The number of carbonyl (C=O) groups is 1. The molecule has 1 aliphatic heterocycles. The molecule has 0 unspecified atom stereocenters. The number of para-hydroxylation sites is 1. The number of H-pyrrole nitrogens is 1. The third-order valence-corrected chi connectivity index (χ3v) is 6.12. The number of amides is 1. The van der Waals surface area contributed by atoms with E-state index in [2.05, 4.69) is 27.0 Å². The number of rotatable bonds is 3. The second-order valence-corrected chi connectivity index (χ2v) is 7.92. The first-order valence-electron chi connectivity index (χ1n) is 9.51. The van der Waals surface area contributed by atoms with Crippen molar-refractivity contribution in [3.05, 3.63) is 71.5 Å². The summed E-state index contributed by atoms with van der Waals surface area (Å²) in [7, 11) is 0. The van der Waals surface area contributed by atoms with E-state index in [9.17, 15) is 9.18 Å². The summed E-state index contributed by atoms with van der Waals surface area (Å²) < 4.78 is 13.1. The standard InChI is InChI=1S/C22H19FN4OS/c23-16-5-7-17(8-6-16)26-9-11-27(12-10-26)22(28)20-14-29-21(25-20)19-13-15-3-1-2-4-18(15)24-19/h1-8,13-14,24H,9-12H2. The van der Waals surface area contributed by atoms with E-state index in [-0.39, 0.29) is 11.7 Å². The van der Waals surface area contributed by atoms with Crippen molar-refractivity contribution in [3.8, 4) is 10.7 Å². The number of aromatic amines is 1. The number of aromatic nitrogens is 2. The van der Waals surface area contributed by atoms with Gasteiger partial charge in [0.1, 0.15) is 16.5 Å². The molecule has 2 aromatic carbocycles. The molecule has 5 rings (SSSR count). The van der Waals surface area contributed by atoms with Gasteiger partial charge in [-0.25, -0.2) is 9.37 Å². The zero-order valence-electron chi connectivity index (χ0n) is 15.6. The molecule has 0 aliphatic carbocycles. The first-order valence-corrected chi connectivity index (χ1v) is 10.4. The second-order valence-electron chi connectivity index (χ2n) is 7.06. The van der Waals surface area contributed by atoms with Crippen LogP contribution in [-0.2, 0) is 0 Å². The summed E-state index contributed by atoms with van der Waals surface area (Å²) in [5.41, 5.74) is 3.45. The Hall–Kier alpha value is -3.19. The molecule has 5 nitrogen and oxygen atoms in total. The molecule has 1 saturated heterocycles. The lowest BCUT2D eigenvalue weighted by Gasteiger charge is -2.35. The first-order chi connectivity index (χ1) is 14.2. The number of hydrogen-bond donors (Lipinski definition) is 1. The summed E-state index contributed by atoms with van der Waals surface area (Å²) in [6.45, 7) is 2.68. The van der Waals surface area contributed by atoms with Crippen molar-refractivity contribution in [2.24, 2.45) is 0 Å². The lowest BCUT2D eigenvalue weighted by Crippen LogP contribution is -2.48. The van der Waals surface area contributed by atoms with Gasteiger partial charge in [0.05, 0.1) is 5.69 Å². The summed E-state index contributed by atoms with van der Waals surface area (Å²) in [6.07, 6.45) is 0. The van der Waals surface area contributed by atoms with Gasteiger partial charge in [0.15, 0.2) is 0 Å². The maximum absolute atomic E-state index is 13.1. The van der Waals surface area contributed by atoms with E-state index in [1.807, 2.05) is 28.5 Å². The molecule has 1 fully saturated rings. The SMILES string of the molecule is O=C(c1csc(-c2cc3ccccc3[nH]2)n1)N1CCN(c2ccc(F)cc2)CC1. The van der Waals surface area contributed by atoms with Crippen LogP contribution in [0.5, 0.6) is 0 Å². The van der Waals surface area contributed by atoms with Crippen molar-refractivity contribution in [2.45, 2.75) is 0 Å². The first kappa shape index (κ1) is 17.9. The topological polar surface area (TPSA) is 52.2 Å². The van der Waals surface area contributed by atoms with Gasteiger partial charge in [-0.3, -0.25) is 4.79 Å². The maximum Gasteiger partial charge on any atom is 0.273 e. The minimum absolute atomic E-state index is 0.0395. The average molecular weight is 406 g/mol. The van der Waals surface area contributed by atoms with Gasteiger partial charge >= 0.3 is 0 Å².